The number of carbonyl (C=O) groups is 2. The molecule has 0 unspecified atom stereocenters. The van der Waals surface area contributed by atoms with Crippen LogP contribution in [0.15, 0.2) is 60.8 Å². The molecular weight excluding hydrogens is 396 g/mol. The Morgan fingerprint density at radius 1 is 1.16 bits per heavy atom. The van der Waals surface area contributed by atoms with Crippen LogP contribution in [0.1, 0.15) is 30.1 Å². The number of carbonyl (C=O) groups excluding carboxylic acids is 2. The maximum Gasteiger partial charge on any atom is 0.338 e. The summed E-state index contributed by atoms with van der Waals surface area (Å²) in [5, 5.41) is 3.62. The Labute approximate surface area is 180 Å². The van der Waals surface area contributed by atoms with Crippen molar-refractivity contribution < 1.29 is 23.8 Å². The molecule has 0 spiro atoms. The number of benzene rings is 2. The summed E-state index contributed by atoms with van der Waals surface area (Å²) in [6, 6.07) is 15.8. The molecule has 1 saturated heterocycles. The Morgan fingerprint density at radius 3 is 2.77 bits per heavy atom. The summed E-state index contributed by atoms with van der Waals surface area (Å²) in [6.07, 6.45) is 2.91. The average molecular weight is 420 g/mol. The molecule has 0 radical (unpaired) electrons. The van der Waals surface area contributed by atoms with Crippen LogP contribution in [0.25, 0.3) is 10.9 Å². The fraction of sp³-hybridized carbons (Fsp3) is 0.292. The predicted molar refractivity (Wildman–Crippen MR) is 116 cm³/mol. The Kier molecular flexibility index (Phi) is 6.43. The van der Waals surface area contributed by atoms with Gasteiger partial charge in [-0.25, -0.2) is 4.79 Å². The smallest absolute Gasteiger partial charge is 0.338 e. The van der Waals surface area contributed by atoms with Crippen molar-refractivity contribution in [3.8, 4) is 5.75 Å². The molecule has 2 aromatic carbocycles. The van der Waals surface area contributed by atoms with E-state index < -0.39 is 18.0 Å². The first kappa shape index (κ1) is 20.8. The van der Waals surface area contributed by atoms with Crippen LogP contribution in [0.4, 0.5) is 5.69 Å². The van der Waals surface area contributed by atoms with E-state index in [2.05, 4.69) is 10.3 Å². The molecular formula is C24H24N2O5. The van der Waals surface area contributed by atoms with Gasteiger partial charge in [0, 0.05) is 18.2 Å². The maximum atomic E-state index is 12.5. The summed E-state index contributed by atoms with van der Waals surface area (Å²) in [7, 11) is 0. The lowest BCUT2D eigenvalue weighted by molar-refractivity contribution is -0.123. The minimum absolute atomic E-state index is 0.126. The molecule has 2 atom stereocenters. The number of ether oxygens (including phenoxy) is 3. The van der Waals surface area contributed by atoms with E-state index in [-0.39, 0.29) is 6.10 Å². The van der Waals surface area contributed by atoms with Crippen molar-refractivity contribution in [3.05, 3.63) is 66.4 Å². The fourth-order valence-corrected chi connectivity index (χ4v) is 3.38. The molecule has 3 aromatic rings. The highest BCUT2D eigenvalue weighted by Crippen LogP contribution is 2.22. The minimum atomic E-state index is -0.963. The SMILES string of the molecule is C[C@@H](OC(=O)c1ccc(OC[C@H]2CCCO2)cc1)C(=O)Nc1cccc2ncccc12. The molecule has 1 amide bonds. The first-order chi connectivity index (χ1) is 15.1. The molecule has 0 aliphatic carbocycles. The van der Waals surface area contributed by atoms with Crippen LogP contribution >= 0.6 is 0 Å². The van der Waals surface area contributed by atoms with Gasteiger partial charge in [-0.05, 0) is 68.3 Å². The lowest BCUT2D eigenvalue weighted by atomic mass is 10.1. The second-order valence-electron chi connectivity index (χ2n) is 7.38. The molecule has 1 fully saturated rings. The molecule has 2 heterocycles. The van der Waals surface area contributed by atoms with E-state index in [0.717, 1.165) is 30.4 Å². The zero-order valence-corrected chi connectivity index (χ0v) is 17.2. The lowest BCUT2D eigenvalue weighted by Gasteiger charge is -2.15. The van der Waals surface area contributed by atoms with Crippen molar-refractivity contribution in [2.24, 2.45) is 0 Å². The third kappa shape index (κ3) is 5.19. The maximum absolute atomic E-state index is 12.5. The number of aromatic nitrogens is 1. The van der Waals surface area contributed by atoms with Gasteiger partial charge in [-0.2, -0.15) is 0 Å². The predicted octanol–water partition coefficient (Wildman–Crippen LogP) is 3.98. The number of amides is 1. The first-order valence-corrected chi connectivity index (χ1v) is 10.3. The zero-order chi connectivity index (χ0) is 21.6. The number of rotatable bonds is 7. The number of hydrogen-bond donors (Lipinski definition) is 1. The summed E-state index contributed by atoms with van der Waals surface area (Å²) >= 11 is 0. The summed E-state index contributed by atoms with van der Waals surface area (Å²) < 4.78 is 16.6. The molecule has 4 rings (SSSR count). The third-order valence-electron chi connectivity index (χ3n) is 5.11. The molecule has 7 heteroatoms. The summed E-state index contributed by atoms with van der Waals surface area (Å²) in [5.41, 5.74) is 1.73. The van der Waals surface area contributed by atoms with Gasteiger partial charge in [-0.15, -0.1) is 0 Å². The van der Waals surface area contributed by atoms with Crippen molar-refractivity contribution in [1.29, 1.82) is 0 Å². The average Bonchev–Trinajstić information content (AvgIpc) is 3.32. The van der Waals surface area contributed by atoms with E-state index in [1.54, 1.807) is 42.6 Å². The third-order valence-corrected chi connectivity index (χ3v) is 5.11. The number of pyridine rings is 1. The van der Waals surface area contributed by atoms with Crippen LogP contribution in [0.5, 0.6) is 5.75 Å². The molecule has 0 bridgehead atoms. The van der Waals surface area contributed by atoms with Crippen molar-refractivity contribution in [3.63, 3.8) is 0 Å². The van der Waals surface area contributed by atoms with Crippen molar-refractivity contribution in [2.45, 2.75) is 32.0 Å². The standard InChI is InChI=1S/C24H24N2O5/c1-16(23(27)26-22-8-2-7-21-20(22)6-3-13-25-21)31-24(28)17-9-11-18(12-10-17)30-15-19-5-4-14-29-19/h2-3,6-13,16,19H,4-5,14-15H2,1H3,(H,26,27)/t16-,19-/m1/s1. The van der Waals surface area contributed by atoms with Gasteiger partial charge in [0.05, 0.1) is 22.9 Å². The van der Waals surface area contributed by atoms with E-state index in [1.165, 1.54) is 6.92 Å². The van der Waals surface area contributed by atoms with Crippen LogP contribution in [0, 0.1) is 0 Å². The molecule has 0 saturated carbocycles. The topological polar surface area (TPSA) is 86.8 Å². The molecule has 1 N–H and O–H groups in total. The molecule has 31 heavy (non-hydrogen) atoms. The van der Waals surface area contributed by atoms with Gasteiger partial charge in [-0.3, -0.25) is 9.78 Å². The Balaban J connectivity index is 1.32. The first-order valence-electron chi connectivity index (χ1n) is 10.3. The van der Waals surface area contributed by atoms with Crippen molar-refractivity contribution >= 4 is 28.5 Å². The van der Waals surface area contributed by atoms with Crippen LogP contribution in [0.2, 0.25) is 0 Å². The summed E-state index contributed by atoms with van der Waals surface area (Å²) in [5.74, 6) is -0.337. The molecule has 1 aliphatic heterocycles. The molecule has 160 valence electrons. The Hall–Kier alpha value is -3.45. The number of fused-ring (bicyclic) bond motifs is 1. The number of anilines is 1. The van der Waals surface area contributed by atoms with Crippen LogP contribution in [0.3, 0.4) is 0 Å². The quantitative estimate of drug-likeness (QED) is 0.582. The highest BCUT2D eigenvalue weighted by molar-refractivity contribution is 6.03. The zero-order valence-electron chi connectivity index (χ0n) is 17.2. The van der Waals surface area contributed by atoms with Gasteiger partial charge in [-0.1, -0.05) is 6.07 Å². The number of esters is 1. The van der Waals surface area contributed by atoms with Crippen molar-refractivity contribution in [1.82, 2.24) is 4.98 Å². The second kappa shape index (κ2) is 9.57. The van der Waals surface area contributed by atoms with Gasteiger partial charge < -0.3 is 19.5 Å². The number of nitrogens with zero attached hydrogens (tertiary/aromatic N) is 1. The number of nitrogens with one attached hydrogen (secondary N) is 1. The molecule has 1 aliphatic rings. The van der Waals surface area contributed by atoms with Crippen LogP contribution in [-0.4, -0.2) is 42.3 Å². The van der Waals surface area contributed by atoms with Crippen LogP contribution in [-0.2, 0) is 14.3 Å². The van der Waals surface area contributed by atoms with E-state index in [9.17, 15) is 9.59 Å². The molecule has 7 nitrogen and oxygen atoms in total. The summed E-state index contributed by atoms with van der Waals surface area (Å²) in [6.45, 7) is 2.81. The normalized spacial score (nSPS) is 16.6. The van der Waals surface area contributed by atoms with Gasteiger partial charge in [0.15, 0.2) is 6.10 Å². The Bertz CT molecular complexity index is 1060. The van der Waals surface area contributed by atoms with Crippen LogP contribution < -0.4 is 10.1 Å². The van der Waals surface area contributed by atoms with E-state index in [1.807, 2.05) is 18.2 Å². The van der Waals surface area contributed by atoms with Gasteiger partial charge in [0.2, 0.25) is 0 Å². The highest BCUT2D eigenvalue weighted by Gasteiger charge is 2.20. The van der Waals surface area contributed by atoms with E-state index in [4.69, 9.17) is 14.2 Å². The minimum Gasteiger partial charge on any atom is -0.491 e. The highest BCUT2D eigenvalue weighted by atomic mass is 16.5. The van der Waals surface area contributed by atoms with Gasteiger partial charge >= 0.3 is 5.97 Å². The van der Waals surface area contributed by atoms with E-state index >= 15 is 0 Å². The monoisotopic (exact) mass is 420 g/mol. The Morgan fingerprint density at radius 2 is 2.00 bits per heavy atom. The number of hydrogen-bond acceptors (Lipinski definition) is 6. The lowest BCUT2D eigenvalue weighted by Crippen LogP contribution is -2.30. The fourth-order valence-electron chi connectivity index (χ4n) is 3.38. The molecule has 1 aromatic heterocycles. The second-order valence-corrected chi connectivity index (χ2v) is 7.38. The van der Waals surface area contributed by atoms with Crippen molar-refractivity contribution in [2.75, 3.05) is 18.5 Å². The van der Waals surface area contributed by atoms with Gasteiger partial charge in [0.25, 0.3) is 5.91 Å². The van der Waals surface area contributed by atoms with Gasteiger partial charge in [0.1, 0.15) is 12.4 Å². The summed E-state index contributed by atoms with van der Waals surface area (Å²) in [4.78, 5) is 29.2. The van der Waals surface area contributed by atoms with E-state index in [0.29, 0.717) is 23.6 Å². The largest absolute Gasteiger partial charge is 0.491 e.